The van der Waals surface area contributed by atoms with Crippen molar-refractivity contribution in [3.8, 4) is 0 Å². The first kappa shape index (κ1) is 11.3. The van der Waals surface area contributed by atoms with Crippen LogP contribution in [-0.2, 0) is 4.84 Å². The molecule has 0 bridgehead atoms. The molecule has 0 aliphatic heterocycles. The molecule has 76 valence electrons. The molecule has 1 rings (SSSR count). The van der Waals surface area contributed by atoms with Crippen LogP contribution in [0.2, 0.25) is 0 Å². The molecule has 1 aromatic carbocycles. The van der Waals surface area contributed by atoms with Gasteiger partial charge in [0.2, 0.25) is 0 Å². The van der Waals surface area contributed by atoms with Crippen molar-refractivity contribution < 1.29 is 4.84 Å². The van der Waals surface area contributed by atoms with Gasteiger partial charge in [-0.2, -0.15) is 0 Å². The molecule has 0 saturated carbocycles. The molecular formula is C11H14BrNO. The maximum absolute atomic E-state index is 4.89. The highest BCUT2D eigenvalue weighted by molar-refractivity contribution is 9.10. The third-order valence-corrected chi connectivity index (χ3v) is 2.25. The van der Waals surface area contributed by atoms with Crippen LogP contribution < -0.4 is 5.48 Å². The zero-order valence-corrected chi connectivity index (χ0v) is 9.97. The summed E-state index contributed by atoms with van der Waals surface area (Å²) in [6.45, 7) is 2.11. The molecule has 3 heteroatoms. The Morgan fingerprint density at radius 2 is 2.29 bits per heavy atom. The predicted octanol–water partition coefficient (Wildman–Crippen LogP) is 3.85. The Morgan fingerprint density at radius 3 is 2.93 bits per heavy atom. The summed E-state index contributed by atoms with van der Waals surface area (Å²) in [6, 6.07) is 6.00. The summed E-state index contributed by atoms with van der Waals surface area (Å²) in [5.41, 5.74) is 4.93. The Kier molecular flexibility index (Phi) is 4.70. The van der Waals surface area contributed by atoms with E-state index >= 15 is 0 Å². The monoisotopic (exact) mass is 255 g/mol. The lowest BCUT2D eigenvalue weighted by Gasteiger charge is -2.07. The lowest BCUT2D eigenvalue weighted by molar-refractivity contribution is 0.271. The summed E-state index contributed by atoms with van der Waals surface area (Å²) in [7, 11) is 1.61. The number of halogens is 1. The fraction of sp³-hybridized carbons (Fsp3) is 0.273. The molecule has 1 N–H and O–H groups in total. The molecule has 0 spiro atoms. The van der Waals surface area contributed by atoms with Crippen molar-refractivity contribution in [3.63, 3.8) is 0 Å². The van der Waals surface area contributed by atoms with E-state index in [4.69, 9.17) is 4.84 Å². The molecule has 0 atom stereocenters. The number of anilines is 1. The molecule has 0 unspecified atom stereocenters. The van der Waals surface area contributed by atoms with Gasteiger partial charge in [-0.15, -0.1) is 0 Å². The maximum atomic E-state index is 4.89. The van der Waals surface area contributed by atoms with Gasteiger partial charge in [0, 0.05) is 10.0 Å². The Labute approximate surface area is 93.1 Å². The van der Waals surface area contributed by atoms with E-state index in [1.807, 2.05) is 18.2 Å². The molecule has 0 amide bonds. The maximum Gasteiger partial charge on any atom is 0.0677 e. The lowest BCUT2D eigenvalue weighted by Crippen LogP contribution is -1.97. The van der Waals surface area contributed by atoms with Gasteiger partial charge < -0.3 is 0 Å². The number of hydrogen-bond acceptors (Lipinski definition) is 2. The summed E-state index contributed by atoms with van der Waals surface area (Å²) < 4.78 is 1.06. The SMILES string of the molecule is CC/C=C\c1cc(Br)ccc1NOC. The molecule has 0 aliphatic carbocycles. The van der Waals surface area contributed by atoms with Crippen LogP contribution in [-0.4, -0.2) is 7.11 Å². The van der Waals surface area contributed by atoms with Gasteiger partial charge in [0.25, 0.3) is 0 Å². The molecule has 14 heavy (non-hydrogen) atoms. The van der Waals surface area contributed by atoms with E-state index in [-0.39, 0.29) is 0 Å². The first-order chi connectivity index (χ1) is 6.77. The standard InChI is InChI=1S/C11H14BrNO/c1-3-4-5-9-8-10(12)6-7-11(9)13-14-2/h4-8,13H,3H2,1-2H3/b5-4-. The minimum Gasteiger partial charge on any atom is -0.279 e. The fourth-order valence-corrected chi connectivity index (χ4v) is 1.50. The van der Waals surface area contributed by atoms with E-state index in [9.17, 15) is 0 Å². The van der Waals surface area contributed by atoms with Crippen LogP contribution in [0.4, 0.5) is 5.69 Å². The van der Waals surface area contributed by atoms with E-state index in [0.29, 0.717) is 0 Å². The van der Waals surface area contributed by atoms with Crippen molar-refractivity contribution in [1.29, 1.82) is 0 Å². The van der Waals surface area contributed by atoms with Crippen LogP contribution >= 0.6 is 15.9 Å². The van der Waals surface area contributed by atoms with Crippen molar-refractivity contribution in [2.75, 3.05) is 12.6 Å². The highest BCUT2D eigenvalue weighted by Gasteiger charge is 1.98. The fourth-order valence-electron chi connectivity index (χ4n) is 1.12. The highest BCUT2D eigenvalue weighted by Crippen LogP contribution is 2.22. The van der Waals surface area contributed by atoms with Crippen LogP contribution in [0.3, 0.4) is 0 Å². The summed E-state index contributed by atoms with van der Waals surface area (Å²) in [5, 5.41) is 0. The van der Waals surface area contributed by atoms with Crippen LogP contribution in [0.15, 0.2) is 28.7 Å². The summed E-state index contributed by atoms with van der Waals surface area (Å²) in [5.74, 6) is 0. The normalized spacial score (nSPS) is 10.8. The molecule has 0 aliphatic rings. The van der Waals surface area contributed by atoms with E-state index in [1.54, 1.807) is 7.11 Å². The van der Waals surface area contributed by atoms with Crippen molar-refractivity contribution in [1.82, 2.24) is 0 Å². The van der Waals surface area contributed by atoms with E-state index in [1.165, 1.54) is 0 Å². The second kappa shape index (κ2) is 5.83. The summed E-state index contributed by atoms with van der Waals surface area (Å²) in [6.07, 6.45) is 5.22. The molecule has 0 fully saturated rings. The molecule has 0 saturated heterocycles. The van der Waals surface area contributed by atoms with Gasteiger partial charge in [-0.1, -0.05) is 35.0 Å². The zero-order chi connectivity index (χ0) is 10.4. The second-order valence-corrected chi connectivity index (χ2v) is 3.76. The number of benzene rings is 1. The quantitative estimate of drug-likeness (QED) is 0.826. The third kappa shape index (κ3) is 3.16. The summed E-state index contributed by atoms with van der Waals surface area (Å²) in [4.78, 5) is 4.89. The number of allylic oxidation sites excluding steroid dienone is 1. The van der Waals surface area contributed by atoms with Gasteiger partial charge in [0.1, 0.15) is 0 Å². The Morgan fingerprint density at radius 1 is 1.50 bits per heavy atom. The van der Waals surface area contributed by atoms with Crippen molar-refractivity contribution in [2.45, 2.75) is 13.3 Å². The molecule has 2 nitrogen and oxygen atoms in total. The van der Waals surface area contributed by atoms with Crippen molar-refractivity contribution >= 4 is 27.7 Å². The van der Waals surface area contributed by atoms with Gasteiger partial charge in [-0.3, -0.25) is 10.3 Å². The smallest absolute Gasteiger partial charge is 0.0677 e. The van der Waals surface area contributed by atoms with Gasteiger partial charge in [-0.25, -0.2) is 0 Å². The highest BCUT2D eigenvalue weighted by atomic mass is 79.9. The van der Waals surface area contributed by atoms with Gasteiger partial charge in [-0.05, 0) is 24.6 Å². The first-order valence-electron chi connectivity index (χ1n) is 4.53. The van der Waals surface area contributed by atoms with E-state index in [2.05, 4.69) is 40.5 Å². The van der Waals surface area contributed by atoms with Crippen LogP contribution in [0.25, 0.3) is 6.08 Å². The largest absolute Gasteiger partial charge is 0.279 e. The number of hydrogen-bond donors (Lipinski definition) is 1. The minimum atomic E-state index is 0.973. The van der Waals surface area contributed by atoms with Crippen LogP contribution in [0.5, 0.6) is 0 Å². The Hall–Kier alpha value is -0.800. The minimum absolute atomic E-state index is 0.973. The molecular weight excluding hydrogens is 242 g/mol. The molecule has 1 aromatic rings. The topological polar surface area (TPSA) is 21.3 Å². The Bertz CT molecular complexity index is 323. The van der Waals surface area contributed by atoms with E-state index in [0.717, 1.165) is 22.1 Å². The average molecular weight is 256 g/mol. The van der Waals surface area contributed by atoms with Crippen LogP contribution in [0, 0.1) is 0 Å². The Balaban J connectivity index is 2.96. The van der Waals surface area contributed by atoms with Gasteiger partial charge in [0.05, 0.1) is 12.8 Å². The van der Waals surface area contributed by atoms with Crippen LogP contribution in [0.1, 0.15) is 18.9 Å². The number of rotatable bonds is 4. The molecule has 0 heterocycles. The van der Waals surface area contributed by atoms with E-state index < -0.39 is 0 Å². The zero-order valence-electron chi connectivity index (χ0n) is 8.38. The predicted molar refractivity (Wildman–Crippen MR) is 64.1 cm³/mol. The first-order valence-corrected chi connectivity index (χ1v) is 5.32. The second-order valence-electron chi connectivity index (χ2n) is 2.85. The molecule has 0 radical (unpaired) electrons. The van der Waals surface area contributed by atoms with Gasteiger partial charge in [0.15, 0.2) is 0 Å². The van der Waals surface area contributed by atoms with Crippen molar-refractivity contribution in [3.05, 3.63) is 34.3 Å². The lowest BCUT2D eigenvalue weighted by atomic mass is 10.1. The average Bonchev–Trinajstić information content (AvgIpc) is 2.18. The third-order valence-electron chi connectivity index (χ3n) is 1.76. The number of nitrogens with one attached hydrogen (secondary N) is 1. The van der Waals surface area contributed by atoms with Crippen molar-refractivity contribution in [2.24, 2.45) is 0 Å². The van der Waals surface area contributed by atoms with Gasteiger partial charge >= 0.3 is 0 Å². The molecule has 0 aromatic heterocycles. The summed E-state index contributed by atoms with van der Waals surface area (Å²) >= 11 is 3.44.